The van der Waals surface area contributed by atoms with E-state index < -0.39 is 23.9 Å². The number of nitrogens with zero attached hydrogens (tertiary/aromatic N) is 2. The number of benzene rings is 1. The summed E-state index contributed by atoms with van der Waals surface area (Å²) in [6, 6.07) is 5.32. The monoisotopic (exact) mass is 360 g/mol. The zero-order chi connectivity index (χ0) is 19.4. The summed E-state index contributed by atoms with van der Waals surface area (Å²) < 4.78 is 0. The molecule has 2 N–H and O–H groups in total. The predicted octanol–water partition coefficient (Wildman–Crippen LogP) is 1.29. The van der Waals surface area contributed by atoms with Crippen LogP contribution in [0, 0.1) is 5.92 Å². The van der Waals surface area contributed by atoms with Gasteiger partial charge in [0.25, 0.3) is 11.8 Å². The Morgan fingerprint density at radius 3 is 2.46 bits per heavy atom. The van der Waals surface area contributed by atoms with E-state index in [0.717, 1.165) is 4.90 Å². The van der Waals surface area contributed by atoms with Gasteiger partial charge in [0, 0.05) is 31.9 Å². The van der Waals surface area contributed by atoms with Crippen molar-refractivity contribution in [3.05, 3.63) is 29.8 Å². The fraction of sp³-hybridized carbons (Fsp3) is 0.444. The van der Waals surface area contributed by atoms with E-state index >= 15 is 0 Å². The van der Waals surface area contributed by atoms with Crippen molar-refractivity contribution in [1.29, 1.82) is 0 Å². The van der Waals surface area contributed by atoms with E-state index in [2.05, 4.69) is 10.6 Å². The molecule has 1 fully saturated rings. The smallest absolute Gasteiger partial charge is 0.326 e. The second-order valence-electron chi connectivity index (χ2n) is 6.74. The number of anilines is 1. The van der Waals surface area contributed by atoms with Crippen LogP contribution < -0.4 is 10.6 Å². The van der Waals surface area contributed by atoms with Gasteiger partial charge in [0.2, 0.25) is 5.91 Å². The van der Waals surface area contributed by atoms with Crippen LogP contribution in [0.15, 0.2) is 24.3 Å². The first-order chi connectivity index (χ1) is 12.2. The maximum atomic E-state index is 12.2. The van der Waals surface area contributed by atoms with Crippen LogP contribution in [0.1, 0.15) is 30.6 Å². The summed E-state index contributed by atoms with van der Waals surface area (Å²) in [5.41, 5.74) is 0.896. The van der Waals surface area contributed by atoms with Crippen LogP contribution in [0.25, 0.3) is 0 Å². The first-order valence-electron chi connectivity index (χ1n) is 8.43. The minimum atomic E-state index is -0.815. The van der Waals surface area contributed by atoms with Gasteiger partial charge in [0.15, 0.2) is 0 Å². The average molecular weight is 360 g/mol. The molecular weight excluding hydrogens is 336 g/mol. The molecule has 8 heteroatoms. The number of hydrogen-bond acceptors (Lipinski definition) is 4. The fourth-order valence-corrected chi connectivity index (χ4v) is 2.60. The molecule has 0 aliphatic carbocycles. The van der Waals surface area contributed by atoms with Gasteiger partial charge < -0.3 is 15.5 Å². The molecule has 26 heavy (non-hydrogen) atoms. The molecule has 1 unspecified atom stereocenters. The lowest BCUT2D eigenvalue weighted by Gasteiger charge is -2.16. The molecular formula is C18H24N4O4. The fourth-order valence-electron chi connectivity index (χ4n) is 2.60. The van der Waals surface area contributed by atoms with Gasteiger partial charge in [0.05, 0.1) is 6.42 Å². The quantitative estimate of drug-likeness (QED) is 0.747. The summed E-state index contributed by atoms with van der Waals surface area (Å²) in [7, 11) is 2.87. The number of imide groups is 1. The number of hydrogen-bond donors (Lipinski definition) is 2. The Hall–Kier alpha value is -2.90. The summed E-state index contributed by atoms with van der Waals surface area (Å²) in [6.45, 7) is 4.56. The van der Waals surface area contributed by atoms with Gasteiger partial charge in [-0.3, -0.25) is 19.3 Å². The number of nitrogens with one attached hydrogen (secondary N) is 2. The van der Waals surface area contributed by atoms with Crippen molar-refractivity contribution in [2.24, 2.45) is 5.92 Å². The summed E-state index contributed by atoms with van der Waals surface area (Å²) in [4.78, 5) is 50.4. The van der Waals surface area contributed by atoms with Crippen molar-refractivity contribution in [2.75, 3.05) is 26.0 Å². The van der Waals surface area contributed by atoms with Crippen molar-refractivity contribution in [1.82, 2.24) is 15.1 Å². The van der Waals surface area contributed by atoms with E-state index in [1.54, 1.807) is 24.3 Å². The third kappa shape index (κ3) is 4.38. The van der Waals surface area contributed by atoms with Crippen molar-refractivity contribution in [2.45, 2.75) is 26.3 Å². The Bertz CT molecular complexity index is 732. The topological polar surface area (TPSA) is 98.8 Å². The largest absolute Gasteiger partial charge is 0.352 e. The zero-order valence-electron chi connectivity index (χ0n) is 15.4. The third-order valence-electron chi connectivity index (χ3n) is 4.13. The van der Waals surface area contributed by atoms with E-state index in [4.69, 9.17) is 0 Å². The molecule has 1 heterocycles. The molecule has 1 aromatic rings. The SMILES string of the molecule is CC(C)CNC(=O)c1cccc(NC(=O)CC2C(=O)N(C)C(=O)N2C)c1. The van der Waals surface area contributed by atoms with Gasteiger partial charge >= 0.3 is 6.03 Å². The van der Waals surface area contributed by atoms with E-state index in [0.29, 0.717) is 23.7 Å². The van der Waals surface area contributed by atoms with Gasteiger partial charge in [0.1, 0.15) is 6.04 Å². The number of carbonyl (C=O) groups excluding carboxylic acids is 4. The van der Waals surface area contributed by atoms with Crippen LogP contribution >= 0.6 is 0 Å². The molecule has 0 radical (unpaired) electrons. The molecule has 0 bridgehead atoms. The van der Waals surface area contributed by atoms with Crippen LogP contribution in [0.3, 0.4) is 0 Å². The molecule has 1 saturated heterocycles. The number of rotatable bonds is 6. The summed E-state index contributed by atoms with van der Waals surface area (Å²) in [6.07, 6.45) is -0.144. The maximum Gasteiger partial charge on any atom is 0.326 e. The van der Waals surface area contributed by atoms with Gasteiger partial charge in [-0.05, 0) is 24.1 Å². The van der Waals surface area contributed by atoms with Crippen LogP contribution in [0.2, 0.25) is 0 Å². The van der Waals surface area contributed by atoms with Crippen LogP contribution in [0.4, 0.5) is 10.5 Å². The summed E-state index contributed by atoms with van der Waals surface area (Å²) in [5.74, 6) is -0.691. The number of carbonyl (C=O) groups is 4. The lowest BCUT2D eigenvalue weighted by Crippen LogP contribution is -2.35. The summed E-state index contributed by atoms with van der Waals surface area (Å²) in [5, 5.41) is 5.49. The Balaban J connectivity index is 1.99. The Morgan fingerprint density at radius 1 is 1.19 bits per heavy atom. The van der Waals surface area contributed by atoms with Gasteiger partial charge in [-0.2, -0.15) is 0 Å². The minimum Gasteiger partial charge on any atom is -0.352 e. The minimum absolute atomic E-state index is 0.144. The van der Waals surface area contributed by atoms with E-state index in [-0.39, 0.29) is 12.3 Å². The summed E-state index contributed by atoms with van der Waals surface area (Å²) >= 11 is 0. The molecule has 1 aromatic carbocycles. The van der Waals surface area contributed by atoms with Gasteiger partial charge in [-0.25, -0.2) is 4.79 Å². The highest BCUT2D eigenvalue weighted by atomic mass is 16.2. The normalized spacial score (nSPS) is 17.0. The maximum absolute atomic E-state index is 12.2. The van der Waals surface area contributed by atoms with Crippen LogP contribution in [-0.2, 0) is 9.59 Å². The lowest BCUT2D eigenvalue weighted by atomic mass is 10.1. The zero-order valence-corrected chi connectivity index (χ0v) is 15.4. The standard InChI is InChI=1S/C18H24N4O4/c1-11(2)10-19-16(24)12-6-5-7-13(8-12)20-15(23)9-14-17(25)22(4)18(26)21(14)3/h5-8,11,14H,9-10H2,1-4H3,(H,19,24)(H,20,23). The Morgan fingerprint density at radius 2 is 1.88 bits per heavy atom. The molecule has 1 aliphatic rings. The lowest BCUT2D eigenvalue weighted by molar-refractivity contribution is -0.129. The molecule has 0 saturated carbocycles. The van der Waals surface area contributed by atoms with Crippen molar-refractivity contribution in [3.63, 3.8) is 0 Å². The van der Waals surface area contributed by atoms with Crippen molar-refractivity contribution in [3.8, 4) is 0 Å². The third-order valence-corrected chi connectivity index (χ3v) is 4.13. The number of urea groups is 1. The molecule has 0 aromatic heterocycles. The van der Waals surface area contributed by atoms with Gasteiger partial charge in [-0.15, -0.1) is 0 Å². The second kappa shape index (κ2) is 7.99. The molecule has 5 amide bonds. The first kappa shape index (κ1) is 19.4. The van der Waals surface area contributed by atoms with E-state index in [9.17, 15) is 19.2 Å². The molecule has 1 aliphatic heterocycles. The van der Waals surface area contributed by atoms with Crippen molar-refractivity contribution < 1.29 is 19.2 Å². The van der Waals surface area contributed by atoms with Gasteiger partial charge in [-0.1, -0.05) is 19.9 Å². The molecule has 8 nitrogen and oxygen atoms in total. The molecule has 0 spiro atoms. The highest BCUT2D eigenvalue weighted by molar-refractivity contribution is 6.06. The average Bonchev–Trinajstić information content (AvgIpc) is 2.77. The Labute approximate surface area is 152 Å². The number of likely N-dealkylation sites (N-methyl/N-ethyl adjacent to an activating group) is 2. The van der Waals surface area contributed by atoms with E-state index in [1.807, 2.05) is 13.8 Å². The second-order valence-corrected chi connectivity index (χ2v) is 6.74. The van der Waals surface area contributed by atoms with Crippen molar-refractivity contribution >= 4 is 29.4 Å². The Kier molecular flexibility index (Phi) is 5.97. The molecule has 2 rings (SSSR count). The molecule has 140 valence electrons. The highest BCUT2D eigenvalue weighted by Crippen LogP contribution is 2.18. The molecule has 1 atom stereocenters. The first-order valence-corrected chi connectivity index (χ1v) is 8.43. The van der Waals surface area contributed by atoms with E-state index in [1.165, 1.54) is 19.0 Å². The highest BCUT2D eigenvalue weighted by Gasteiger charge is 2.41. The van der Waals surface area contributed by atoms with Crippen LogP contribution in [0.5, 0.6) is 0 Å². The predicted molar refractivity (Wildman–Crippen MR) is 96.6 cm³/mol. The van der Waals surface area contributed by atoms with Crippen LogP contribution in [-0.4, -0.2) is 60.2 Å². The number of amides is 5.